The van der Waals surface area contributed by atoms with Crippen LogP contribution >= 0.6 is 0 Å². The molecule has 4 nitrogen and oxygen atoms in total. The SMILES string of the molecule is C=C(C)CN(CC)C(=O)C(Cc1ccccc1)NC(=O)c1ccccc1. The molecule has 0 aliphatic heterocycles. The minimum atomic E-state index is -0.621. The average molecular weight is 350 g/mol. The van der Waals surface area contributed by atoms with Crippen LogP contribution in [0, 0.1) is 0 Å². The monoisotopic (exact) mass is 350 g/mol. The third kappa shape index (κ3) is 5.59. The Morgan fingerprint density at radius 3 is 2.15 bits per heavy atom. The first-order chi connectivity index (χ1) is 12.5. The summed E-state index contributed by atoms with van der Waals surface area (Å²) in [5.41, 5.74) is 2.46. The van der Waals surface area contributed by atoms with Crippen molar-refractivity contribution in [3.05, 3.63) is 83.9 Å². The van der Waals surface area contributed by atoms with Crippen LogP contribution in [0.25, 0.3) is 0 Å². The van der Waals surface area contributed by atoms with Crippen molar-refractivity contribution in [1.82, 2.24) is 10.2 Å². The Kier molecular flexibility index (Phi) is 7.15. The van der Waals surface area contributed by atoms with Crippen molar-refractivity contribution in [2.45, 2.75) is 26.3 Å². The highest BCUT2D eigenvalue weighted by molar-refractivity contribution is 5.97. The van der Waals surface area contributed by atoms with Crippen LogP contribution in [0.3, 0.4) is 0 Å². The lowest BCUT2D eigenvalue weighted by molar-refractivity contribution is -0.132. The molecular formula is C22H26N2O2. The summed E-state index contributed by atoms with van der Waals surface area (Å²) in [6, 6.07) is 18.1. The smallest absolute Gasteiger partial charge is 0.251 e. The molecule has 2 aromatic carbocycles. The lowest BCUT2D eigenvalue weighted by Gasteiger charge is -2.27. The van der Waals surface area contributed by atoms with Crippen LogP contribution in [-0.4, -0.2) is 35.8 Å². The van der Waals surface area contributed by atoms with Crippen LogP contribution < -0.4 is 5.32 Å². The first-order valence-electron chi connectivity index (χ1n) is 8.84. The quantitative estimate of drug-likeness (QED) is 0.741. The van der Waals surface area contributed by atoms with Crippen LogP contribution in [0.4, 0.5) is 0 Å². The molecule has 4 heteroatoms. The fourth-order valence-electron chi connectivity index (χ4n) is 2.77. The summed E-state index contributed by atoms with van der Waals surface area (Å²) in [4.78, 5) is 27.4. The largest absolute Gasteiger partial charge is 0.340 e. The van der Waals surface area contributed by atoms with Crippen LogP contribution in [0.15, 0.2) is 72.8 Å². The predicted octanol–water partition coefficient (Wildman–Crippen LogP) is 3.45. The summed E-state index contributed by atoms with van der Waals surface area (Å²) in [5, 5.41) is 2.91. The zero-order valence-electron chi connectivity index (χ0n) is 15.4. The number of nitrogens with one attached hydrogen (secondary N) is 1. The van der Waals surface area contributed by atoms with Gasteiger partial charge in [-0.15, -0.1) is 0 Å². The second kappa shape index (κ2) is 9.56. The molecule has 0 bridgehead atoms. The fraction of sp³-hybridized carbons (Fsp3) is 0.273. The van der Waals surface area contributed by atoms with Gasteiger partial charge in [-0.3, -0.25) is 9.59 Å². The van der Waals surface area contributed by atoms with Gasteiger partial charge >= 0.3 is 0 Å². The maximum atomic E-state index is 13.1. The lowest BCUT2D eigenvalue weighted by Crippen LogP contribution is -2.50. The molecule has 26 heavy (non-hydrogen) atoms. The van der Waals surface area contributed by atoms with E-state index in [0.717, 1.165) is 11.1 Å². The van der Waals surface area contributed by atoms with E-state index in [0.29, 0.717) is 25.1 Å². The van der Waals surface area contributed by atoms with Gasteiger partial charge in [0.15, 0.2) is 0 Å². The summed E-state index contributed by atoms with van der Waals surface area (Å²) in [6.45, 7) is 8.78. The number of carbonyl (C=O) groups is 2. The third-order valence-electron chi connectivity index (χ3n) is 4.08. The molecule has 0 heterocycles. The summed E-state index contributed by atoms with van der Waals surface area (Å²) in [5.74, 6) is -0.338. The second-order valence-corrected chi connectivity index (χ2v) is 6.39. The summed E-state index contributed by atoms with van der Waals surface area (Å²) in [6.07, 6.45) is 0.449. The highest BCUT2D eigenvalue weighted by Gasteiger charge is 2.26. The number of amides is 2. The molecule has 0 aromatic heterocycles. The maximum absolute atomic E-state index is 13.1. The molecule has 136 valence electrons. The van der Waals surface area contributed by atoms with E-state index < -0.39 is 6.04 Å². The van der Waals surface area contributed by atoms with Crippen molar-refractivity contribution < 1.29 is 9.59 Å². The van der Waals surface area contributed by atoms with Crippen LogP contribution in [0.2, 0.25) is 0 Å². The van der Waals surface area contributed by atoms with E-state index in [4.69, 9.17) is 0 Å². The van der Waals surface area contributed by atoms with Gasteiger partial charge in [-0.25, -0.2) is 0 Å². The van der Waals surface area contributed by atoms with Crippen molar-refractivity contribution in [2.75, 3.05) is 13.1 Å². The Morgan fingerprint density at radius 1 is 1.04 bits per heavy atom. The van der Waals surface area contributed by atoms with Crippen molar-refractivity contribution >= 4 is 11.8 Å². The second-order valence-electron chi connectivity index (χ2n) is 6.39. The molecule has 0 saturated heterocycles. The van der Waals surface area contributed by atoms with Crippen molar-refractivity contribution in [3.63, 3.8) is 0 Å². The minimum Gasteiger partial charge on any atom is -0.340 e. The zero-order valence-corrected chi connectivity index (χ0v) is 15.4. The van der Waals surface area contributed by atoms with Crippen molar-refractivity contribution in [2.24, 2.45) is 0 Å². The van der Waals surface area contributed by atoms with Gasteiger partial charge < -0.3 is 10.2 Å². The van der Waals surface area contributed by atoms with Gasteiger partial charge in [0.25, 0.3) is 5.91 Å². The Labute approximate surface area is 155 Å². The van der Waals surface area contributed by atoms with Gasteiger partial charge in [0.2, 0.25) is 5.91 Å². The fourth-order valence-corrected chi connectivity index (χ4v) is 2.77. The van der Waals surface area contributed by atoms with Crippen LogP contribution in [0.1, 0.15) is 29.8 Å². The molecule has 2 aromatic rings. The molecule has 0 spiro atoms. The van der Waals surface area contributed by atoms with Gasteiger partial charge in [0.1, 0.15) is 6.04 Å². The summed E-state index contributed by atoms with van der Waals surface area (Å²) < 4.78 is 0. The molecule has 0 saturated carbocycles. The Hall–Kier alpha value is -2.88. The van der Waals surface area contributed by atoms with Gasteiger partial charge in [0, 0.05) is 25.1 Å². The molecule has 0 fully saturated rings. The molecule has 0 radical (unpaired) electrons. The van der Waals surface area contributed by atoms with Gasteiger partial charge in [-0.05, 0) is 31.5 Å². The standard InChI is InChI=1S/C22H26N2O2/c1-4-24(16-17(2)3)22(26)20(15-18-11-7-5-8-12-18)23-21(25)19-13-9-6-10-14-19/h5-14,20H,2,4,15-16H2,1,3H3,(H,23,25). The van der Waals surface area contributed by atoms with E-state index in [9.17, 15) is 9.59 Å². The van der Waals surface area contributed by atoms with Crippen LogP contribution in [0.5, 0.6) is 0 Å². The van der Waals surface area contributed by atoms with Gasteiger partial charge in [-0.2, -0.15) is 0 Å². The van der Waals surface area contributed by atoms with E-state index in [1.165, 1.54) is 0 Å². The maximum Gasteiger partial charge on any atom is 0.251 e. The highest BCUT2D eigenvalue weighted by Crippen LogP contribution is 2.09. The lowest BCUT2D eigenvalue weighted by atomic mass is 10.0. The molecule has 0 aliphatic carbocycles. The van der Waals surface area contributed by atoms with Crippen LogP contribution in [-0.2, 0) is 11.2 Å². The summed E-state index contributed by atoms with van der Waals surface area (Å²) >= 11 is 0. The van der Waals surface area contributed by atoms with E-state index in [2.05, 4.69) is 11.9 Å². The highest BCUT2D eigenvalue weighted by atomic mass is 16.2. The van der Waals surface area contributed by atoms with E-state index in [1.807, 2.05) is 62.4 Å². The topological polar surface area (TPSA) is 49.4 Å². The first kappa shape index (κ1) is 19.4. The predicted molar refractivity (Wildman–Crippen MR) is 105 cm³/mol. The Bertz CT molecular complexity index is 741. The first-order valence-corrected chi connectivity index (χ1v) is 8.84. The van der Waals surface area contributed by atoms with E-state index in [1.54, 1.807) is 17.0 Å². The number of benzene rings is 2. The molecule has 2 rings (SSSR count). The minimum absolute atomic E-state index is 0.0939. The molecule has 1 atom stereocenters. The van der Waals surface area contributed by atoms with Gasteiger partial charge in [0.05, 0.1) is 0 Å². The Balaban J connectivity index is 2.21. The normalized spacial score (nSPS) is 11.5. The molecule has 1 N–H and O–H groups in total. The number of nitrogens with zero attached hydrogens (tertiary/aromatic N) is 1. The molecule has 1 unspecified atom stereocenters. The number of hydrogen-bond acceptors (Lipinski definition) is 2. The van der Waals surface area contributed by atoms with Crippen molar-refractivity contribution in [3.8, 4) is 0 Å². The van der Waals surface area contributed by atoms with E-state index >= 15 is 0 Å². The number of likely N-dealkylation sites (N-methyl/N-ethyl adjacent to an activating group) is 1. The molecule has 2 amide bonds. The summed E-state index contributed by atoms with van der Waals surface area (Å²) in [7, 11) is 0. The third-order valence-corrected chi connectivity index (χ3v) is 4.08. The zero-order chi connectivity index (χ0) is 18.9. The average Bonchev–Trinajstić information content (AvgIpc) is 2.66. The number of rotatable bonds is 8. The van der Waals surface area contributed by atoms with E-state index in [-0.39, 0.29) is 11.8 Å². The Morgan fingerprint density at radius 2 is 1.62 bits per heavy atom. The van der Waals surface area contributed by atoms with Gasteiger partial charge in [-0.1, -0.05) is 60.7 Å². The number of carbonyl (C=O) groups excluding carboxylic acids is 2. The number of hydrogen-bond donors (Lipinski definition) is 1. The molecular weight excluding hydrogens is 324 g/mol. The van der Waals surface area contributed by atoms with Crippen molar-refractivity contribution in [1.29, 1.82) is 0 Å². The molecule has 0 aliphatic rings.